The minimum atomic E-state index is -0.673. The van der Waals surface area contributed by atoms with E-state index in [2.05, 4.69) is 27.0 Å². The summed E-state index contributed by atoms with van der Waals surface area (Å²) in [5, 5.41) is 9.38. The van der Waals surface area contributed by atoms with E-state index in [-0.39, 0.29) is 19.8 Å². The highest BCUT2D eigenvalue weighted by atomic mass is 16.6. The van der Waals surface area contributed by atoms with Gasteiger partial charge in [0.1, 0.15) is 18.6 Å². The van der Waals surface area contributed by atoms with Crippen LogP contribution in [0.3, 0.4) is 0 Å². The molecule has 3 atom stereocenters. The van der Waals surface area contributed by atoms with Crippen molar-refractivity contribution in [1.82, 2.24) is 0 Å². The Kier molecular flexibility index (Phi) is 13.3. The molecule has 0 radical (unpaired) electrons. The third kappa shape index (κ3) is 10.4. The number of rotatable bonds is 15. The predicted molar refractivity (Wildman–Crippen MR) is 95.5 cm³/mol. The normalized spacial score (nSPS) is 14.5. The molecule has 0 aliphatic rings. The first-order valence-electron chi connectivity index (χ1n) is 8.78. The van der Waals surface area contributed by atoms with Gasteiger partial charge in [0.05, 0.1) is 19.0 Å². The van der Waals surface area contributed by atoms with Gasteiger partial charge in [-0.3, -0.25) is 4.79 Å². The average molecular weight is 342 g/mol. The maximum Gasteiger partial charge on any atom is 0.316 e. The summed E-state index contributed by atoms with van der Waals surface area (Å²) in [6.07, 6.45) is 5.34. The Morgan fingerprint density at radius 3 is 2.46 bits per heavy atom. The standard InChI is InChI=1S/C19H34O5/c1-6-9-10-16(7-2)12-22-14-18(11-20)24-19(21)17(8-3)13-23-15(4)5/h8,16-18,20H,3-4,6-7,9-14H2,1-2,5H3. The molecule has 0 saturated heterocycles. The van der Waals surface area contributed by atoms with E-state index in [1.807, 2.05) is 0 Å². The molecule has 0 aliphatic carbocycles. The SMILES string of the molecule is C=CC(COC(=C)C)C(=O)OC(CO)COCC(CC)CCCC. The minimum absolute atomic E-state index is 0.131. The van der Waals surface area contributed by atoms with E-state index in [0.717, 1.165) is 12.8 Å². The van der Waals surface area contributed by atoms with Crippen LogP contribution < -0.4 is 0 Å². The van der Waals surface area contributed by atoms with Crippen LogP contribution in [0.1, 0.15) is 46.5 Å². The summed E-state index contributed by atoms with van der Waals surface area (Å²) in [7, 11) is 0. The fourth-order valence-electron chi connectivity index (χ4n) is 2.10. The monoisotopic (exact) mass is 342 g/mol. The van der Waals surface area contributed by atoms with Crippen LogP contribution in [0, 0.1) is 11.8 Å². The van der Waals surface area contributed by atoms with E-state index in [9.17, 15) is 9.90 Å². The Bertz CT molecular complexity index is 367. The lowest BCUT2D eigenvalue weighted by Gasteiger charge is -2.21. The van der Waals surface area contributed by atoms with Crippen LogP contribution in [0.5, 0.6) is 0 Å². The van der Waals surface area contributed by atoms with Crippen molar-refractivity contribution in [3.63, 3.8) is 0 Å². The molecule has 0 amide bonds. The Labute approximate surface area is 146 Å². The number of aliphatic hydroxyl groups excluding tert-OH is 1. The molecule has 140 valence electrons. The first-order chi connectivity index (χ1) is 11.5. The van der Waals surface area contributed by atoms with Gasteiger partial charge in [0.2, 0.25) is 0 Å². The van der Waals surface area contributed by atoms with Crippen molar-refractivity contribution in [2.75, 3.05) is 26.4 Å². The smallest absolute Gasteiger partial charge is 0.316 e. The first kappa shape index (κ1) is 22.7. The molecule has 5 nitrogen and oxygen atoms in total. The van der Waals surface area contributed by atoms with Gasteiger partial charge < -0.3 is 19.3 Å². The quantitative estimate of drug-likeness (QED) is 0.280. The fraction of sp³-hybridized carbons (Fsp3) is 0.737. The summed E-state index contributed by atoms with van der Waals surface area (Å²) >= 11 is 0. The van der Waals surface area contributed by atoms with Gasteiger partial charge in [-0.25, -0.2) is 0 Å². The molecule has 0 aromatic heterocycles. The van der Waals surface area contributed by atoms with Crippen LogP contribution in [0.2, 0.25) is 0 Å². The molecule has 0 bridgehead atoms. The maximum absolute atomic E-state index is 12.1. The van der Waals surface area contributed by atoms with Crippen molar-refractivity contribution in [2.24, 2.45) is 11.8 Å². The third-order valence-corrected chi connectivity index (χ3v) is 3.78. The van der Waals surface area contributed by atoms with Crippen molar-refractivity contribution in [3.05, 3.63) is 25.0 Å². The van der Waals surface area contributed by atoms with Crippen molar-refractivity contribution in [1.29, 1.82) is 0 Å². The highest BCUT2D eigenvalue weighted by molar-refractivity contribution is 5.74. The summed E-state index contributed by atoms with van der Waals surface area (Å²) in [6.45, 7) is 13.9. The third-order valence-electron chi connectivity index (χ3n) is 3.78. The number of aliphatic hydroxyl groups is 1. The molecule has 0 aromatic rings. The van der Waals surface area contributed by atoms with E-state index in [1.165, 1.54) is 18.9 Å². The number of ether oxygens (including phenoxy) is 3. The van der Waals surface area contributed by atoms with Crippen LogP contribution in [0.15, 0.2) is 25.0 Å². The summed E-state index contributed by atoms with van der Waals surface area (Å²) < 4.78 is 16.2. The molecular weight excluding hydrogens is 308 g/mol. The lowest BCUT2D eigenvalue weighted by Crippen LogP contribution is -2.32. The summed E-state index contributed by atoms with van der Waals surface area (Å²) in [6, 6.07) is 0. The Morgan fingerprint density at radius 1 is 1.25 bits per heavy atom. The van der Waals surface area contributed by atoms with Crippen LogP contribution >= 0.6 is 0 Å². The van der Waals surface area contributed by atoms with Gasteiger partial charge in [0, 0.05) is 6.61 Å². The number of unbranched alkanes of at least 4 members (excludes halogenated alkanes) is 1. The lowest BCUT2D eigenvalue weighted by molar-refractivity contribution is -0.159. The van der Waals surface area contributed by atoms with Crippen molar-refractivity contribution >= 4 is 5.97 Å². The molecule has 24 heavy (non-hydrogen) atoms. The first-order valence-corrected chi connectivity index (χ1v) is 8.78. The molecule has 0 aliphatic heterocycles. The Hall–Kier alpha value is -1.33. The summed E-state index contributed by atoms with van der Waals surface area (Å²) in [5.74, 6) is -0.0464. The van der Waals surface area contributed by atoms with E-state index in [1.54, 1.807) is 6.92 Å². The number of carbonyl (C=O) groups is 1. The molecule has 0 spiro atoms. The van der Waals surface area contributed by atoms with E-state index < -0.39 is 18.0 Å². The fourth-order valence-corrected chi connectivity index (χ4v) is 2.10. The summed E-state index contributed by atoms with van der Waals surface area (Å²) in [5.41, 5.74) is 0. The lowest BCUT2D eigenvalue weighted by atomic mass is 10.0. The van der Waals surface area contributed by atoms with Crippen molar-refractivity contribution in [3.8, 4) is 0 Å². The van der Waals surface area contributed by atoms with Gasteiger partial charge in [-0.1, -0.05) is 45.8 Å². The van der Waals surface area contributed by atoms with Crippen molar-refractivity contribution in [2.45, 2.75) is 52.6 Å². The van der Waals surface area contributed by atoms with E-state index in [4.69, 9.17) is 14.2 Å². The predicted octanol–water partition coefficient (Wildman–Crippen LogP) is 3.48. The molecule has 0 fully saturated rings. The van der Waals surface area contributed by atoms with Crippen molar-refractivity contribution < 1.29 is 24.1 Å². The van der Waals surface area contributed by atoms with Crippen LogP contribution in [0.4, 0.5) is 0 Å². The van der Waals surface area contributed by atoms with E-state index >= 15 is 0 Å². The zero-order valence-electron chi connectivity index (χ0n) is 15.5. The second-order valence-electron chi connectivity index (χ2n) is 6.05. The van der Waals surface area contributed by atoms with Gasteiger partial charge in [-0.05, 0) is 19.3 Å². The number of esters is 1. The number of carbonyl (C=O) groups excluding carboxylic acids is 1. The molecule has 1 N–H and O–H groups in total. The molecule has 0 rings (SSSR count). The van der Waals surface area contributed by atoms with Gasteiger partial charge in [0.25, 0.3) is 0 Å². The highest BCUT2D eigenvalue weighted by Gasteiger charge is 2.22. The largest absolute Gasteiger partial charge is 0.498 e. The summed E-state index contributed by atoms with van der Waals surface area (Å²) in [4.78, 5) is 12.1. The van der Waals surface area contributed by atoms with Gasteiger partial charge >= 0.3 is 5.97 Å². The highest BCUT2D eigenvalue weighted by Crippen LogP contribution is 2.13. The molecule has 0 saturated carbocycles. The van der Waals surface area contributed by atoms with E-state index in [0.29, 0.717) is 18.3 Å². The Balaban J connectivity index is 4.25. The molecule has 0 heterocycles. The zero-order valence-corrected chi connectivity index (χ0v) is 15.5. The van der Waals surface area contributed by atoms with Crippen LogP contribution in [-0.4, -0.2) is 43.6 Å². The molecule has 3 unspecified atom stereocenters. The average Bonchev–Trinajstić information content (AvgIpc) is 2.57. The topological polar surface area (TPSA) is 65.0 Å². The van der Waals surface area contributed by atoms with Gasteiger partial charge in [-0.15, -0.1) is 6.58 Å². The van der Waals surface area contributed by atoms with Gasteiger partial charge in [-0.2, -0.15) is 0 Å². The number of allylic oxidation sites excluding steroid dienone is 1. The zero-order chi connectivity index (χ0) is 18.4. The van der Waals surface area contributed by atoms with Crippen LogP contribution in [0.25, 0.3) is 0 Å². The second-order valence-corrected chi connectivity index (χ2v) is 6.05. The second kappa shape index (κ2) is 14.1. The van der Waals surface area contributed by atoms with Gasteiger partial charge in [0.15, 0.2) is 0 Å². The Morgan fingerprint density at radius 2 is 1.96 bits per heavy atom. The number of hydrogen-bond acceptors (Lipinski definition) is 5. The molecule has 5 heteroatoms. The molecular formula is C19H34O5. The van der Waals surface area contributed by atoms with Crippen LogP contribution in [-0.2, 0) is 19.0 Å². The number of hydrogen-bond donors (Lipinski definition) is 1. The maximum atomic E-state index is 12.1. The minimum Gasteiger partial charge on any atom is -0.498 e. The molecule has 0 aromatic carbocycles.